The quantitative estimate of drug-likeness (QED) is 0.737. The van der Waals surface area contributed by atoms with E-state index in [9.17, 15) is 13.0 Å². The van der Waals surface area contributed by atoms with Crippen LogP contribution in [0.4, 0.5) is 0 Å². The summed E-state index contributed by atoms with van der Waals surface area (Å²) in [7, 11) is -4.53. The van der Waals surface area contributed by atoms with Gasteiger partial charge in [-0.2, -0.15) is 8.42 Å². The smallest absolute Gasteiger partial charge is 0.372 e. The van der Waals surface area contributed by atoms with Crippen molar-refractivity contribution in [3.8, 4) is 0 Å². The summed E-state index contributed by atoms with van der Waals surface area (Å²) in [6.07, 6.45) is 3.95. The molecular formula is C20H34O5S. The van der Waals surface area contributed by atoms with Crippen molar-refractivity contribution in [2.45, 2.75) is 85.0 Å². The molecule has 6 fully saturated rings. The monoisotopic (exact) mass is 386 g/mol. The molecule has 8 unspecified atom stereocenters. The second-order valence-electron chi connectivity index (χ2n) is 10.9. The van der Waals surface area contributed by atoms with Gasteiger partial charge in [0.2, 0.25) is 0 Å². The summed E-state index contributed by atoms with van der Waals surface area (Å²) in [4.78, 5) is 0. The summed E-state index contributed by atoms with van der Waals surface area (Å²) in [6, 6.07) is 0. The van der Waals surface area contributed by atoms with Crippen molar-refractivity contribution in [2.24, 2.45) is 40.4 Å². The van der Waals surface area contributed by atoms with Gasteiger partial charge in [-0.15, -0.1) is 0 Å². The van der Waals surface area contributed by atoms with Gasteiger partial charge in [0.05, 0.1) is 12.2 Å². The molecule has 0 spiro atoms. The van der Waals surface area contributed by atoms with Gasteiger partial charge in [0.1, 0.15) is 5.60 Å². The van der Waals surface area contributed by atoms with Crippen LogP contribution in [-0.2, 0) is 19.3 Å². The molecule has 26 heavy (non-hydrogen) atoms. The summed E-state index contributed by atoms with van der Waals surface area (Å²) < 4.78 is 44.6. The van der Waals surface area contributed by atoms with Crippen LogP contribution in [0.25, 0.3) is 0 Å². The van der Waals surface area contributed by atoms with E-state index in [4.69, 9.17) is 8.92 Å². The number of ether oxygens (including phenoxy) is 1. The van der Waals surface area contributed by atoms with E-state index in [1.165, 1.54) is 6.42 Å². The lowest BCUT2D eigenvalue weighted by atomic mass is 9.43. The maximum Gasteiger partial charge on any atom is 0.397 e. The van der Waals surface area contributed by atoms with E-state index >= 15 is 0 Å². The van der Waals surface area contributed by atoms with Gasteiger partial charge in [0, 0.05) is 0 Å². The summed E-state index contributed by atoms with van der Waals surface area (Å²) in [5.74, 6) is 2.44. The molecule has 0 aromatic rings. The fourth-order valence-electron chi connectivity index (χ4n) is 7.13. The molecule has 6 aliphatic rings. The SMILES string of the molecule is CC1C(OC2CC3CC(C3(C)C)C2(C)OS(=O)(=O)O)CC2CC1C2(C)C. The second kappa shape index (κ2) is 5.46. The van der Waals surface area contributed by atoms with E-state index in [-0.39, 0.29) is 23.5 Å². The van der Waals surface area contributed by atoms with Crippen molar-refractivity contribution >= 4 is 10.4 Å². The molecular weight excluding hydrogens is 352 g/mol. The highest BCUT2D eigenvalue weighted by molar-refractivity contribution is 7.80. The third-order valence-corrected chi connectivity index (χ3v) is 9.78. The highest BCUT2D eigenvalue weighted by Gasteiger charge is 2.67. The molecule has 6 rings (SSSR count). The topological polar surface area (TPSA) is 72.8 Å². The van der Waals surface area contributed by atoms with Crippen LogP contribution < -0.4 is 0 Å². The van der Waals surface area contributed by atoms with Crippen molar-refractivity contribution in [3.63, 3.8) is 0 Å². The largest absolute Gasteiger partial charge is 0.397 e. The van der Waals surface area contributed by atoms with Crippen molar-refractivity contribution in [2.75, 3.05) is 0 Å². The number of rotatable bonds is 4. The Labute approximate surface area is 158 Å². The predicted molar refractivity (Wildman–Crippen MR) is 98.9 cm³/mol. The lowest BCUT2D eigenvalue weighted by Gasteiger charge is -2.67. The average molecular weight is 387 g/mol. The Bertz CT molecular complexity index is 699. The van der Waals surface area contributed by atoms with Crippen LogP contribution in [-0.4, -0.2) is 30.8 Å². The van der Waals surface area contributed by atoms with Crippen molar-refractivity contribution < 1.29 is 21.9 Å². The predicted octanol–water partition coefficient (Wildman–Crippen LogP) is 4.09. The van der Waals surface area contributed by atoms with Crippen molar-refractivity contribution in [3.05, 3.63) is 0 Å². The first-order valence-corrected chi connectivity index (χ1v) is 11.5. The summed E-state index contributed by atoms with van der Waals surface area (Å²) >= 11 is 0. The first kappa shape index (κ1) is 19.2. The second-order valence-corrected chi connectivity index (χ2v) is 11.9. The van der Waals surface area contributed by atoms with Gasteiger partial charge in [0.15, 0.2) is 0 Å². The van der Waals surface area contributed by atoms with Gasteiger partial charge in [-0.1, -0.05) is 34.6 Å². The molecule has 8 atom stereocenters. The van der Waals surface area contributed by atoms with Crippen LogP contribution in [0.5, 0.6) is 0 Å². The zero-order valence-electron chi connectivity index (χ0n) is 16.9. The highest BCUT2D eigenvalue weighted by Crippen LogP contribution is 2.66. The first-order valence-electron chi connectivity index (χ1n) is 10.1. The Morgan fingerprint density at radius 1 is 0.923 bits per heavy atom. The lowest BCUT2D eigenvalue weighted by molar-refractivity contribution is -0.277. The van der Waals surface area contributed by atoms with Gasteiger partial charge in [-0.05, 0) is 73.0 Å². The minimum Gasteiger partial charge on any atom is -0.372 e. The zero-order valence-corrected chi connectivity index (χ0v) is 17.7. The minimum atomic E-state index is -4.53. The molecule has 0 heterocycles. The Kier molecular flexibility index (Phi) is 4.02. The van der Waals surface area contributed by atoms with E-state index in [0.717, 1.165) is 19.3 Å². The molecule has 6 aliphatic carbocycles. The van der Waals surface area contributed by atoms with E-state index < -0.39 is 16.0 Å². The molecule has 0 aromatic heterocycles. The fourth-order valence-corrected chi connectivity index (χ4v) is 7.81. The van der Waals surface area contributed by atoms with Gasteiger partial charge < -0.3 is 4.74 Å². The van der Waals surface area contributed by atoms with Crippen LogP contribution in [0.15, 0.2) is 0 Å². The molecule has 5 nitrogen and oxygen atoms in total. The number of hydrogen-bond acceptors (Lipinski definition) is 4. The molecule has 1 N–H and O–H groups in total. The molecule has 0 amide bonds. The van der Waals surface area contributed by atoms with Gasteiger partial charge in [-0.25, -0.2) is 4.18 Å². The van der Waals surface area contributed by atoms with Crippen LogP contribution in [0.1, 0.15) is 67.2 Å². The molecule has 150 valence electrons. The summed E-state index contributed by atoms with van der Waals surface area (Å²) in [5, 5.41) is 0. The van der Waals surface area contributed by atoms with Crippen LogP contribution in [0.2, 0.25) is 0 Å². The Hall–Kier alpha value is -0.170. The third-order valence-electron chi connectivity index (χ3n) is 9.21. The van der Waals surface area contributed by atoms with E-state index in [2.05, 4.69) is 34.6 Å². The van der Waals surface area contributed by atoms with Gasteiger partial charge >= 0.3 is 10.4 Å². The van der Waals surface area contributed by atoms with Crippen LogP contribution in [0, 0.1) is 40.4 Å². The minimum absolute atomic E-state index is 0.0155. The normalized spacial score (nSPS) is 51.3. The van der Waals surface area contributed by atoms with E-state index in [0.29, 0.717) is 29.1 Å². The fraction of sp³-hybridized carbons (Fsp3) is 1.00. The molecule has 0 aromatic carbocycles. The van der Waals surface area contributed by atoms with E-state index in [1.54, 1.807) is 0 Å². The van der Waals surface area contributed by atoms with E-state index in [1.807, 2.05) is 6.92 Å². The molecule has 0 saturated heterocycles. The van der Waals surface area contributed by atoms with Crippen LogP contribution >= 0.6 is 0 Å². The molecule has 6 saturated carbocycles. The Balaban J connectivity index is 1.56. The molecule has 6 heteroatoms. The summed E-state index contributed by atoms with van der Waals surface area (Å²) in [5.41, 5.74) is -0.589. The molecule has 0 radical (unpaired) electrons. The standard InChI is InChI=1S/C20H34O5S/c1-11-14-7-12(18(14,2)3)8-15(11)24-17-10-13-9-16(19(13,4)5)20(17,6)25-26(21,22)23/h11-17H,7-10H2,1-6H3,(H,21,22,23). The third kappa shape index (κ3) is 2.55. The lowest BCUT2D eigenvalue weighted by Crippen LogP contribution is -2.69. The highest BCUT2D eigenvalue weighted by atomic mass is 32.3. The maximum absolute atomic E-state index is 11.6. The maximum atomic E-state index is 11.6. The number of fused-ring (bicyclic) bond motifs is 4. The average Bonchev–Trinajstić information content (AvgIpc) is 2.47. The molecule has 0 aliphatic heterocycles. The first-order chi connectivity index (χ1) is 11.8. The Morgan fingerprint density at radius 3 is 2.04 bits per heavy atom. The molecule has 4 bridgehead atoms. The summed E-state index contributed by atoms with van der Waals surface area (Å²) in [6.45, 7) is 13.2. The van der Waals surface area contributed by atoms with Crippen molar-refractivity contribution in [1.29, 1.82) is 0 Å². The van der Waals surface area contributed by atoms with Crippen LogP contribution in [0.3, 0.4) is 0 Å². The Morgan fingerprint density at radius 2 is 1.54 bits per heavy atom. The number of hydrogen-bond donors (Lipinski definition) is 1. The van der Waals surface area contributed by atoms with Gasteiger partial charge in [0.25, 0.3) is 0 Å². The van der Waals surface area contributed by atoms with Gasteiger partial charge in [-0.3, -0.25) is 4.55 Å². The van der Waals surface area contributed by atoms with Crippen molar-refractivity contribution in [1.82, 2.24) is 0 Å². The zero-order chi connectivity index (χ0) is 19.3.